The van der Waals surface area contributed by atoms with E-state index in [1.54, 1.807) is 24.3 Å². The molecule has 0 radical (unpaired) electrons. The molecule has 0 saturated heterocycles. The van der Waals surface area contributed by atoms with Gasteiger partial charge >= 0.3 is 0 Å². The van der Waals surface area contributed by atoms with Gasteiger partial charge in [0.15, 0.2) is 6.29 Å². The average Bonchev–Trinajstić information content (AvgIpc) is 2.28. The number of aliphatic hydroxyl groups is 2. The predicted octanol–water partition coefficient (Wildman–Crippen LogP) is 1.10. The molecule has 0 aromatic heterocycles. The Morgan fingerprint density at radius 2 is 1.80 bits per heavy atom. The van der Waals surface area contributed by atoms with Crippen LogP contribution in [-0.4, -0.2) is 23.9 Å². The van der Waals surface area contributed by atoms with Crippen LogP contribution in [0.5, 0.6) is 0 Å². The van der Waals surface area contributed by atoms with Gasteiger partial charge in [0, 0.05) is 19.2 Å². The van der Waals surface area contributed by atoms with Crippen LogP contribution in [0, 0.1) is 0 Å². The summed E-state index contributed by atoms with van der Waals surface area (Å²) in [5, 5.41) is 18.9. The van der Waals surface area contributed by atoms with Gasteiger partial charge in [-0.1, -0.05) is 24.3 Å². The van der Waals surface area contributed by atoms with Crippen LogP contribution in [0.2, 0.25) is 0 Å². The summed E-state index contributed by atoms with van der Waals surface area (Å²) in [5.74, 6) is 0. The van der Waals surface area contributed by atoms with Crippen molar-refractivity contribution < 1.29 is 14.9 Å². The molecule has 2 atom stereocenters. The summed E-state index contributed by atoms with van der Waals surface area (Å²) in [6.45, 7) is 0.272. The van der Waals surface area contributed by atoms with E-state index in [0.29, 0.717) is 5.56 Å². The summed E-state index contributed by atoms with van der Waals surface area (Å²) in [6, 6.07) is 6.83. The molecule has 0 bridgehead atoms. The predicted molar refractivity (Wildman–Crippen MR) is 57.2 cm³/mol. The molecule has 0 aliphatic rings. The molecule has 0 saturated carbocycles. The Kier molecular flexibility index (Phi) is 5.01. The van der Waals surface area contributed by atoms with Gasteiger partial charge in [0.25, 0.3) is 0 Å². The Morgan fingerprint density at radius 1 is 1.27 bits per heavy atom. The number of hydrogen-bond donors (Lipinski definition) is 3. The molecule has 15 heavy (non-hydrogen) atoms. The lowest BCUT2D eigenvalue weighted by molar-refractivity contribution is -0.0769. The summed E-state index contributed by atoms with van der Waals surface area (Å²) in [4.78, 5) is 2.36. The number of benzene rings is 1. The number of nitrogens with one attached hydrogen (secondary N) is 1. The topological polar surface area (TPSA) is 61.7 Å². The maximum atomic E-state index is 9.57. The highest BCUT2D eigenvalue weighted by molar-refractivity contribution is 6.13. The van der Waals surface area contributed by atoms with Crippen LogP contribution in [0.3, 0.4) is 0 Å². The van der Waals surface area contributed by atoms with Crippen LogP contribution in [0.15, 0.2) is 24.3 Å². The fraction of sp³-hybridized carbons (Fsp3) is 0.400. The van der Waals surface area contributed by atoms with Gasteiger partial charge in [0.1, 0.15) is 0 Å². The summed E-state index contributed by atoms with van der Waals surface area (Å²) in [6.07, 6.45) is -1.58. The summed E-state index contributed by atoms with van der Waals surface area (Å²) in [7, 11) is 1.42. The zero-order chi connectivity index (χ0) is 11.3. The minimum Gasteiger partial charge on any atom is -0.387 e. The molecule has 1 rings (SSSR count). The Hall–Kier alpha value is -0.650. The van der Waals surface area contributed by atoms with Gasteiger partial charge < -0.3 is 14.9 Å². The van der Waals surface area contributed by atoms with Gasteiger partial charge in [0.05, 0.1) is 6.10 Å². The smallest absolute Gasteiger partial charge is 0.180 e. The molecule has 5 heteroatoms. The number of ether oxygens (including phenoxy) is 1. The molecule has 4 nitrogen and oxygen atoms in total. The van der Waals surface area contributed by atoms with Gasteiger partial charge in [0.2, 0.25) is 0 Å². The third kappa shape index (κ3) is 3.44. The molecule has 0 spiro atoms. The van der Waals surface area contributed by atoms with Crippen molar-refractivity contribution in [1.29, 1.82) is 0 Å². The maximum absolute atomic E-state index is 9.57. The van der Waals surface area contributed by atoms with E-state index < -0.39 is 12.4 Å². The molecule has 1 aromatic rings. The average molecular weight is 232 g/mol. The Labute approximate surface area is 93.6 Å². The van der Waals surface area contributed by atoms with Crippen molar-refractivity contribution in [1.82, 2.24) is 4.84 Å². The Balaban J connectivity index is 2.71. The van der Waals surface area contributed by atoms with E-state index in [-0.39, 0.29) is 6.54 Å². The van der Waals surface area contributed by atoms with Crippen LogP contribution in [0.1, 0.15) is 23.5 Å². The largest absolute Gasteiger partial charge is 0.387 e. The fourth-order valence-electron chi connectivity index (χ4n) is 1.21. The second-order valence-corrected chi connectivity index (χ2v) is 3.38. The molecule has 0 heterocycles. The number of halogens is 1. The lowest BCUT2D eigenvalue weighted by Crippen LogP contribution is -2.12. The van der Waals surface area contributed by atoms with Crippen molar-refractivity contribution in [2.24, 2.45) is 0 Å². The van der Waals surface area contributed by atoms with Gasteiger partial charge in [-0.15, -0.1) is 0 Å². The van der Waals surface area contributed by atoms with Crippen molar-refractivity contribution in [3.05, 3.63) is 35.4 Å². The third-order valence-electron chi connectivity index (χ3n) is 2.10. The molecule has 0 fully saturated rings. The molecule has 3 N–H and O–H groups in total. The zero-order valence-corrected chi connectivity index (χ0v) is 9.11. The van der Waals surface area contributed by atoms with E-state index in [0.717, 1.165) is 5.56 Å². The van der Waals surface area contributed by atoms with Crippen LogP contribution >= 0.6 is 11.8 Å². The van der Waals surface area contributed by atoms with Gasteiger partial charge in [-0.3, -0.25) is 0 Å². The highest BCUT2D eigenvalue weighted by Crippen LogP contribution is 2.17. The normalized spacial score (nSPS) is 14.9. The molecule has 0 aliphatic carbocycles. The molecular formula is C10H14ClNO3. The number of rotatable bonds is 5. The molecule has 1 aromatic carbocycles. The molecule has 2 unspecified atom stereocenters. The quantitative estimate of drug-likeness (QED) is 0.525. The first-order chi connectivity index (χ1) is 7.19. The Morgan fingerprint density at radius 3 is 2.27 bits per heavy atom. The summed E-state index contributed by atoms with van der Waals surface area (Å²) in [5.41, 5.74) is 1.38. The van der Waals surface area contributed by atoms with Crippen LogP contribution in [-0.2, 0) is 4.74 Å². The van der Waals surface area contributed by atoms with Crippen molar-refractivity contribution >= 4 is 11.8 Å². The van der Waals surface area contributed by atoms with E-state index in [1.165, 1.54) is 7.11 Å². The molecule has 84 valence electrons. The Bertz CT molecular complexity index is 291. The molecular weight excluding hydrogens is 218 g/mol. The van der Waals surface area contributed by atoms with Crippen molar-refractivity contribution in [2.75, 3.05) is 13.7 Å². The van der Waals surface area contributed by atoms with E-state index in [1.807, 2.05) is 0 Å². The zero-order valence-electron chi connectivity index (χ0n) is 8.35. The second kappa shape index (κ2) is 6.05. The van der Waals surface area contributed by atoms with Crippen molar-refractivity contribution in [2.45, 2.75) is 12.4 Å². The second-order valence-electron chi connectivity index (χ2n) is 3.11. The van der Waals surface area contributed by atoms with Crippen LogP contribution in [0.25, 0.3) is 0 Å². The summed E-state index contributed by atoms with van der Waals surface area (Å²) >= 11 is 5.28. The summed E-state index contributed by atoms with van der Waals surface area (Å²) < 4.78 is 4.74. The third-order valence-corrected chi connectivity index (χ3v) is 2.25. The highest BCUT2D eigenvalue weighted by atomic mass is 35.5. The van der Waals surface area contributed by atoms with Gasteiger partial charge in [-0.2, -0.15) is 0 Å². The van der Waals surface area contributed by atoms with Gasteiger partial charge in [-0.05, 0) is 17.3 Å². The lowest BCUT2D eigenvalue weighted by atomic mass is 10.1. The highest BCUT2D eigenvalue weighted by Gasteiger charge is 2.09. The SMILES string of the molecule is COC(O)c1ccc(C(O)CNCl)cc1. The van der Waals surface area contributed by atoms with E-state index >= 15 is 0 Å². The lowest BCUT2D eigenvalue weighted by Gasteiger charge is -2.12. The van der Waals surface area contributed by atoms with Gasteiger partial charge in [-0.25, -0.2) is 4.84 Å². The molecule has 0 amide bonds. The minimum atomic E-state index is -0.928. The maximum Gasteiger partial charge on any atom is 0.180 e. The van der Waals surface area contributed by atoms with Crippen molar-refractivity contribution in [3.63, 3.8) is 0 Å². The van der Waals surface area contributed by atoms with E-state index in [9.17, 15) is 10.2 Å². The molecule has 0 aliphatic heterocycles. The van der Waals surface area contributed by atoms with Crippen LogP contribution < -0.4 is 4.84 Å². The first kappa shape index (κ1) is 12.4. The standard InChI is InChI=1S/C10H14ClNO3/c1-15-10(14)8-4-2-7(3-5-8)9(13)6-12-11/h2-5,9-10,12-14H,6H2,1H3. The first-order valence-electron chi connectivity index (χ1n) is 4.51. The minimum absolute atomic E-state index is 0.272. The van der Waals surface area contributed by atoms with E-state index in [4.69, 9.17) is 16.5 Å². The van der Waals surface area contributed by atoms with E-state index in [2.05, 4.69) is 4.84 Å². The number of hydrogen-bond acceptors (Lipinski definition) is 4. The van der Waals surface area contributed by atoms with Crippen molar-refractivity contribution in [3.8, 4) is 0 Å². The fourth-order valence-corrected chi connectivity index (χ4v) is 1.36. The number of methoxy groups -OCH3 is 1. The monoisotopic (exact) mass is 231 g/mol. The number of aliphatic hydroxyl groups excluding tert-OH is 2. The van der Waals surface area contributed by atoms with Crippen LogP contribution in [0.4, 0.5) is 0 Å². The first-order valence-corrected chi connectivity index (χ1v) is 4.89.